The standard InChI is InChI=1S/C15H12FN3S/c1-10-4-2-3-5-13(10)14-17-18-15(20)19(14)12-8-6-11(16)7-9-12/h2-9H,1H3,(H,18,20). The number of hydrogen-bond acceptors (Lipinski definition) is 2. The van der Waals surface area contributed by atoms with E-state index in [4.69, 9.17) is 12.2 Å². The Kier molecular flexibility index (Phi) is 3.20. The summed E-state index contributed by atoms with van der Waals surface area (Å²) in [5, 5.41) is 7.10. The number of halogens is 1. The minimum Gasteiger partial charge on any atom is -0.268 e. The molecule has 100 valence electrons. The fraction of sp³-hybridized carbons (Fsp3) is 0.0667. The molecule has 0 atom stereocenters. The van der Waals surface area contributed by atoms with Crippen molar-refractivity contribution in [1.82, 2.24) is 14.8 Å². The van der Waals surface area contributed by atoms with E-state index in [9.17, 15) is 4.39 Å². The monoisotopic (exact) mass is 285 g/mol. The summed E-state index contributed by atoms with van der Waals surface area (Å²) in [5.41, 5.74) is 2.87. The number of nitrogens with one attached hydrogen (secondary N) is 1. The van der Waals surface area contributed by atoms with Crippen LogP contribution in [0.5, 0.6) is 0 Å². The van der Waals surface area contributed by atoms with Gasteiger partial charge < -0.3 is 0 Å². The molecule has 0 saturated heterocycles. The maximum absolute atomic E-state index is 13.1. The van der Waals surface area contributed by atoms with E-state index in [0.717, 1.165) is 22.6 Å². The molecule has 1 N–H and O–H groups in total. The van der Waals surface area contributed by atoms with E-state index in [0.29, 0.717) is 4.77 Å². The van der Waals surface area contributed by atoms with Crippen molar-refractivity contribution in [1.29, 1.82) is 0 Å². The number of aryl methyl sites for hydroxylation is 1. The number of hydrogen-bond donors (Lipinski definition) is 1. The van der Waals surface area contributed by atoms with Gasteiger partial charge in [-0.3, -0.25) is 9.67 Å². The number of aromatic amines is 1. The summed E-state index contributed by atoms with van der Waals surface area (Å²) in [4.78, 5) is 0. The molecule has 0 radical (unpaired) electrons. The number of H-pyrrole nitrogens is 1. The van der Waals surface area contributed by atoms with E-state index in [1.165, 1.54) is 12.1 Å². The second kappa shape index (κ2) is 5.02. The molecule has 0 aliphatic rings. The van der Waals surface area contributed by atoms with Crippen molar-refractivity contribution in [3.05, 3.63) is 64.7 Å². The largest absolute Gasteiger partial charge is 0.268 e. The Balaban J connectivity index is 2.23. The van der Waals surface area contributed by atoms with Crippen LogP contribution < -0.4 is 0 Å². The van der Waals surface area contributed by atoms with E-state index in [1.54, 1.807) is 16.7 Å². The molecular formula is C15H12FN3S. The van der Waals surface area contributed by atoms with Crippen molar-refractivity contribution in [3.8, 4) is 17.1 Å². The summed E-state index contributed by atoms with van der Waals surface area (Å²) in [7, 11) is 0. The third-order valence-electron chi connectivity index (χ3n) is 3.14. The molecule has 2 aromatic carbocycles. The van der Waals surface area contributed by atoms with Crippen molar-refractivity contribution >= 4 is 12.2 Å². The smallest absolute Gasteiger partial charge is 0.200 e. The van der Waals surface area contributed by atoms with Crippen LogP contribution in [0.3, 0.4) is 0 Å². The van der Waals surface area contributed by atoms with Crippen molar-refractivity contribution in [2.45, 2.75) is 6.92 Å². The van der Waals surface area contributed by atoms with Gasteiger partial charge in [0, 0.05) is 5.56 Å². The Labute approximate surface area is 120 Å². The average molecular weight is 285 g/mol. The van der Waals surface area contributed by atoms with Gasteiger partial charge in [0.1, 0.15) is 5.82 Å². The topological polar surface area (TPSA) is 33.6 Å². The van der Waals surface area contributed by atoms with Gasteiger partial charge in [-0.1, -0.05) is 24.3 Å². The van der Waals surface area contributed by atoms with Crippen LogP contribution >= 0.6 is 12.2 Å². The van der Waals surface area contributed by atoms with Crippen molar-refractivity contribution in [3.63, 3.8) is 0 Å². The quantitative estimate of drug-likeness (QED) is 0.721. The second-order valence-electron chi connectivity index (χ2n) is 4.48. The molecule has 3 nitrogen and oxygen atoms in total. The van der Waals surface area contributed by atoms with Gasteiger partial charge in [0.05, 0.1) is 5.69 Å². The lowest BCUT2D eigenvalue weighted by Crippen LogP contribution is -1.98. The Morgan fingerprint density at radius 2 is 1.80 bits per heavy atom. The zero-order valence-electron chi connectivity index (χ0n) is 10.8. The summed E-state index contributed by atoms with van der Waals surface area (Å²) in [5.74, 6) is 0.445. The lowest BCUT2D eigenvalue weighted by Gasteiger charge is -2.08. The van der Waals surface area contributed by atoms with Gasteiger partial charge >= 0.3 is 0 Å². The van der Waals surface area contributed by atoms with E-state index in [-0.39, 0.29) is 5.82 Å². The van der Waals surface area contributed by atoms with Crippen molar-refractivity contribution < 1.29 is 4.39 Å². The van der Waals surface area contributed by atoms with Gasteiger partial charge in [0.25, 0.3) is 0 Å². The number of benzene rings is 2. The molecule has 20 heavy (non-hydrogen) atoms. The molecule has 0 unspecified atom stereocenters. The van der Waals surface area contributed by atoms with E-state index in [1.807, 2.05) is 31.2 Å². The first-order chi connectivity index (χ1) is 9.66. The minimum atomic E-state index is -0.277. The Bertz CT molecular complexity index is 802. The summed E-state index contributed by atoms with van der Waals surface area (Å²) in [6, 6.07) is 14.1. The molecular weight excluding hydrogens is 273 g/mol. The highest BCUT2D eigenvalue weighted by Gasteiger charge is 2.12. The highest BCUT2D eigenvalue weighted by atomic mass is 32.1. The van der Waals surface area contributed by atoms with Gasteiger partial charge in [0.15, 0.2) is 10.6 Å². The number of nitrogens with zero attached hydrogens (tertiary/aromatic N) is 2. The Hall–Kier alpha value is -2.27. The van der Waals surface area contributed by atoms with Crippen LogP contribution in [0.4, 0.5) is 4.39 Å². The van der Waals surface area contributed by atoms with E-state index in [2.05, 4.69) is 10.2 Å². The first-order valence-electron chi connectivity index (χ1n) is 6.16. The molecule has 0 saturated carbocycles. The van der Waals surface area contributed by atoms with Gasteiger partial charge in [-0.25, -0.2) is 4.39 Å². The molecule has 1 aromatic heterocycles. The molecule has 3 aromatic rings. The van der Waals surface area contributed by atoms with Crippen molar-refractivity contribution in [2.24, 2.45) is 0 Å². The zero-order chi connectivity index (χ0) is 14.1. The summed E-state index contributed by atoms with van der Waals surface area (Å²) in [6.45, 7) is 2.02. The summed E-state index contributed by atoms with van der Waals surface area (Å²) >= 11 is 5.28. The molecule has 0 aliphatic carbocycles. The van der Waals surface area contributed by atoms with Crippen LogP contribution in [-0.2, 0) is 0 Å². The third-order valence-corrected chi connectivity index (χ3v) is 3.42. The number of rotatable bonds is 2. The molecule has 5 heteroatoms. The second-order valence-corrected chi connectivity index (χ2v) is 4.87. The molecule has 0 fully saturated rings. The summed E-state index contributed by atoms with van der Waals surface area (Å²) in [6.07, 6.45) is 0. The fourth-order valence-electron chi connectivity index (χ4n) is 2.13. The van der Waals surface area contributed by atoms with Crippen LogP contribution in [0.15, 0.2) is 48.5 Å². The molecule has 0 spiro atoms. The normalized spacial score (nSPS) is 10.7. The van der Waals surface area contributed by atoms with Crippen molar-refractivity contribution in [2.75, 3.05) is 0 Å². The summed E-state index contributed by atoms with van der Waals surface area (Å²) < 4.78 is 15.3. The first-order valence-corrected chi connectivity index (χ1v) is 6.57. The van der Waals surface area contributed by atoms with E-state index < -0.39 is 0 Å². The lowest BCUT2D eigenvalue weighted by molar-refractivity contribution is 0.627. The van der Waals surface area contributed by atoms with Crippen LogP contribution in [-0.4, -0.2) is 14.8 Å². The van der Waals surface area contributed by atoms with Gasteiger partial charge in [-0.15, -0.1) is 0 Å². The SMILES string of the molecule is Cc1ccccc1-c1n[nH]c(=S)n1-c1ccc(F)cc1. The highest BCUT2D eigenvalue weighted by molar-refractivity contribution is 7.71. The van der Waals surface area contributed by atoms with Gasteiger partial charge in [-0.05, 0) is 49.0 Å². The maximum Gasteiger partial charge on any atom is 0.200 e. The van der Waals surface area contributed by atoms with Crippen LogP contribution in [0.25, 0.3) is 17.1 Å². The minimum absolute atomic E-state index is 0.277. The maximum atomic E-state index is 13.1. The highest BCUT2D eigenvalue weighted by Crippen LogP contribution is 2.24. The Morgan fingerprint density at radius 1 is 1.10 bits per heavy atom. The van der Waals surface area contributed by atoms with E-state index >= 15 is 0 Å². The van der Waals surface area contributed by atoms with Gasteiger partial charge in [0.2, 0.25) is 0 Å². The fourth-order valence-corrected chi connectivity index (χ4v) is 2.37. The zero-order valence-corrected chi connectivity index (χ0v) is 11.6. The molecule has 1 heterocycles. The average Bonchev–Trinajstić information content (AvgIpc) is 2.82. The Morgan fingerprint density at radius 3 is 2.50 bits per heavy atom. The van der Waals surface area contributed by atoms with Crippen LogP contribution in [0.1, 0.15) is 5.56 Å². The first kappa shape index (κ1) is 12.7. The molecule has 0 amide bonds. The molecule has 0 bridgehead atoms. The molecule has 0 aliphatic heterocycles. The number of aromatic nitrogens is 3. The lowest BCUT2D eigenvalue weighted by atomic mass is 10.1. The van der Waals surface area contributed by atoms with Gasteiger partial charge in [-0.2, -0.15) is 5.10 Å². The molecule has 3 rings (SSSR count). The third kappa shape index (κ3) is 2.16. The predicted octanol–water partition coefficient (Wildman–Crippen LogP) is 4.04. The predicted molar refractivity (Wildman–Crippen MR) is 78.9 cm³/mol. The van der Waals surface area contributed by atoms with Crippen LogP contribution in [0.2, 0.25) is 0 Å². The van der Waals surface area contributed by atoms with Crippen LogP contribution in [0, 0.1) is 17.5 Å².